The minimum Gasteiger partial charge on any atom is -0.490 e. The van der Waals surface area contributed by atoms with E-state index in [-0.39, 0.29) is 6.10 Å². The zero-order valence-electron chi connectivity index (χ0n) is 10.4. The van der Waals surface area contributed by atoms with E-state index in [1.54, 1.807) is 0 Å². The zero-order chi connectivity index (χ0) is 12.0. The molecule has 0 fully saturated rings. The lowest BCUT2D eigenvalue weighted by Crippen LogP contribution is -2.06. The molecule has 16 heavy (non-hydrogen) atoms. The SMILES string of the molecule is CCCCCc1ccc(OC(C)C)c(I)c1. The van der Waals surface area contributed by atoms with E-state index in [2.05, 4.69) is 61.6 Å². The van der Waals surface area contributed by atoms with Gasteiger partial charge in [0.1, 0.15) is 5.75 Å². The first-order chi connectivity index (χ1) is 7.63. The van der Waals surface area contributed by atoms with Crippen molar-refractivity contribution in [2.45, 2.75) is 52.6 Å². The van der Waals surface area contributed by atoms with Crippen LogP contribution < -0.4 is 4.74 Å². The summed E-state index contributed by atoms with van der Waals surface area (Å²) in [7, 11) is 0. The van der Waals surface area contributed by atoms with Crippen molar-refractivity contribution in [2.75, 3.05) is 0 Å². The van der Waals surface area contributed by atoms with E-state index < -0.39 is 0 Å². The maximum Gasteiger partial charge on any atom is 0.133 e. The molecule has 2 heteroatoms. The molecule has 0 aliphatic heterocycles. The van der Waals surface area contributed by atoms with E-state index in [0.29, 0.717) is 0 Å². The van der Waals surface area contributed by atoms with Crippen molar-refractivity contribution in [3.05, 3.63) is 27.3 Å². The zero-order valence-corrected chi connectivity index (χ0v) is 12.6. The van der Waals surface area contributed by atoms with Crippen LogP contribution in [-0.4, -0.2) is 6.10 Å². The summed E-state index contributed by atoms with van der Waals surface area (Å²) in [4.78, 5) is 0. The molecule has 0 aliphatic carbocycles. The molecule has 0 saturated heterocycles. The van der Waals surface area contributed by atoms with Crippen molar-refractivity contribution in [2.24, 2.45) is 0 Å². The van der Waals surface area contributed by atoms with Crippen LogP contribution in [0.4, 0.5) is 0 Å². The second kappa shape index (κ2) is 7.15. The van der Waals surface area contributed by atoms with Crippen LogP contribution in [-0.2, 0) is 6.42 Å². The van der Waals surface area contributed by atoms with E-state index in [1.807, 2.05) is 0 Å². The van der Waals surface area contributed by atoms with Gasteiger partial charge in [-0.15, -0.1) is 0 Å². The van der Waals surface area contributed by atoms with E-state index >= 15 is 0 Å². The Bertz CT molecular complexity index is 321. The van der Waals surface area contributed by atoms with Gasteiger partial charge in [0, 0.05) is 0 Å². The van der Waals surface area contributed by atoms with Crippen molar-refractivity contribution in [3.63, 3.8) is 0 Å². The van der Waals surface area contributed by atoms with Gasteiger partial charge in [-0.3, -0.25) is 0 Å². The third-order valence-electron chi connectivity index (χ3n) is 2.43. The maximum absolute atomic E-state index is 5.72. The van der Waals surface area contributed by atoms with Crippen LogP contribution in [0.25, 0.3) is 0 Å². The molecule has 0 bridgehead atoms. The number of unbranched alkanes of at least 4 members (excludes halogenated alkanes) is 2. The molecule has 0 saturated carbocycles. The first-order valence-electron chi connectivity index (χ1n) is 6.08. The number of rotatable bonds is 6. The average molecular weight is 332 g/mol. The number of hydrogen-bond acceptors (Lipinski definition) is 1. The van der Waals surface area contributed by atoms with Gasteiger partial charge >= 0.3 is 0 Å². The molecule has 0 aromatic heterocycles. The lowest BCUT2D eigenvalue weighted by Gasteiger charge is -2.12. The molecule has 0 atom stereocenters. The maximum atomic E-state index is 5.72. The molecular weight excluding hydrogens is 311 g/mol. The second-order valence-electron chi connectivity index (χ2n) is 4.39. The fourth-order valence-corrected chi connectivity index (χ4v) is 2.34. The Morgan fingerprint density at radius 3 is 2.56 bits per heavy atom. The van der Waals surface area contributed by atoms with Crippen LogP contribution in [0, 0.1) is 3.57 Å². The summed E-state index contributed by atoms with van der Waals surface area (Å²) in [6.45, 7) is 6.36. The van der Waals surface area contributed by atoms with Crippen molar-refractivity contribution >= 4 is 22.6 Å². The summed E-state index contributed by atoms with van der Waals surface area (Å²) in [6, 6.07) is 6.53. The summed E-state index contributed by atoms with van der Waals surface area (Å²) in [5.41, 5.74) is 1.42. The van der Waals surface area contributed by atoms with Gasteiger partial charge in [0.2, 0.25) is 0 Å². The Labute approximate surface area is 113 Å². The van der Waals surface area contributed by atoms with Gasteiger partial charge in [0.25, 0.3) is 0 Å². The van der Waals surface area contributed by atoms with Crippen molar-refractivity contribution in [1.29, 1.82) is 0 Å². The van der Waals surface area contributed by atoms with Crippen molar-refractivity contribution < 1.29 is 4.74 Å². The largest absolute Gasteiger partial charge is 0.490 e. The molecule has 0 unspecified atom stereocenters. The Balaban J connectivity index is 2.60. The number of aryl methyl sites for hydroxylation is 1. The molecule has 0 radical (unpaired) electrons. The lowest BCUT2D eigenvalue weighted by atomic mass is 10.1. The molecule has 1 nitrogen and oxygen atoms in total. The van der Waals surface area contributed by atoms with Gasteiger partial charge in [0.15, 0.2) is 0 Å². The summed E-state index contributed by atoms with van der Waals surface area (Å²) in [6.07, 6.45) is 5.33. The minimum absolute atomic E-state index is 0.249. The highest BCUT2D eigenvalue weighted by Gasteiger charge is 2.04. The number of halogens is 1. The standard InChI is InChI=1S/C14H21IO/c1-4-5-6-7-12-8-9-14(13(15)10-12)16-11(2)3/h8-11H,4-7H2,1-3H3. The predicted octanol–water partition coefficient (Wildman–Crippen LogP) is 4.81. The molecular formula is C14H21IO. The fraction of sp³-hybridized carbons (Fsp3) is 0.571. The summed E-state index contributed by atoms with van der Waals surface area (Å²) in [5.74, 6) is 1.01. The first-order valence-corrected chi connectivity index (χ1v) is 7.16. The minimum atomic E-state index is 0.249. The second-order valence-corrected chi connectivity index (χ2v) is 5.55. The monoisotopic (exact) mass is 332 g/mol. The number of hydrogen-bond donors (Lipinski definition) is 0. The highest BCUT2D eigenvalue weighted by atomic mass is 127. The molecule has 0 heterocycles. The quantitative estimate of drug-likeness (QED) is 0.536. The molecule has 1 rings (SSSR count). The highest BCUT2D eigenvalue weighted by Crippen LogP contribution is 2.24. The highest BCUT2D eigenvalue weighted by molar-refractivity contribution is 14.1. The Morgan fingerprint density at radius 1 is 1.25 bits per heavy atom. The van der Waals surface area contributed by atoms with Crippen LogP contribution in [0.15, 0.2) is 18.2 Å². The Kier molecular flexibility index (Phi) is 6.17. The third kappa shape index (κ3) is 4.73. The molecule has 1 aromatic rings. The molecule has 0 aliphatic rings. The predicted molar refractivity (Wildman–Crippen MR) is 78.2 cm³/mol. The summed E-state index contributed by atoms with van der Waals surface area (Å²) in [5, 5.41) is 0. The van der Waals surface area contributed by atoms with Gasteiger partial charge in [-0.1, -0.05) is 25.8 Å². The van der Waals surface area contributed by atoms with Crippen LogP contribution >= 0.6 is 22.6 Å². The third-order valence-corrected chi connectivity index (χ3v) is 3.27. The number of ether oxygens (including phenoxy) is 1. The van der Waals surface area contributed by atoms with Crippen LogP contribution in [0.2, 0.25) is 0 Å². The van der Waals surface area contributed by atoms with E-state index in [9.17, 15) is 0 Å². The molecule has 1 aromatic carbocycles. The first kappa shape index (κ1) is 13.8. The van der Waals surface area contributed by atoms with E-state index in [0.717, 1.165) is 5.75 Å². The van der Waals surface area contributed by atoms with Gasteiger partial charge in [-0.2, -0.15) is 0 Å². The lowest BCUT2D eigenvalue weighted by molar-refractivity contribution is 0.240. The van der Waals surface area contributed by atoms with Crippen LogP contribution in [0.1, 0.15) is 45.6 Å². The van der Waals surface area contributed by atoms with E-state index in [1.165, 1.54) is 34.8 Å². The molecule has 90 valence electrons. The van der Waals surface area contributed by atoms with Crippen molar-refractivity contribution in [1.82, 2.24) is 0 Å². The van der Waals surface area contributed by atoms with Gasteiger partial charge in [-0.05, 0) is 67.0 Å². The normalized spacial score (nSPS) is 10.8. The van der Waals surface area contributed by atoms with Gasteiger partial charge < -0.3 is 4.74 Å². The Hall–Kier alpha value is -0.250. The molecule has 0 amide bonds. The average Bonchev–Trinajstić information content (AvgIpc) is 2.22. The topological polar surface area (TPSA) is 9.23 Å². The molecule has 0 spiro atoms. The smallest absolute Gasteiger partial charge is 0.133 e. The summed E-state index contributed by atoms with van der Waals surface area (Å²) < 4.78 is 6.94. The van der Waals surface area contributed by atoms with Crippen molar-refractivity contribution in [3.8, 4) is 5.75 Å². The fourth-order valence-electron chi connectivity index (χ4n) is 1.63. The van der Waals surface area contributed by atoms with Gasteiger partial charge in [0.05, 0.1) is 9.67 Å². The summed E-state index contributed by atoms with van der Waals surface area (Å²) >= 11 is 2.36. The van der Waals surface area contributed by atoms with Crippen LogP contribution in [0.3, 0.4) is 0 Å². The molecule has 0 N–H and O–H groups in total. The number of benzene rings is 1. The van der Waals surface area contributed by atoms with Crippen LogP contribution in [0.5, 0.6) is 5.75 Å². The van der Waals surface area contributed by atoms with Gasteiger partial charge in [-0.25, -0.2) is 0 Å². The van der Waals surface area contributed by atoms with E-state index in [4.69, 9.17) is 4.74 Å². The Morgan fingerprint density at radius 2 is 2.00 bits per heavy atom.